The van der Waals surface area contributed by atoms with Gasteiger partial charge in [0.05, 0.1) is 0 Å². The number of hydrogen-bond donors (Lipinski definition) is 1. The van der Waals surface area contributed by atoms with E-state index in [9.17, 15) is 18.0 Å². The van der Waals surface area contributed by atoms with E-state index < -0.39 is 29.6 Å². The maximum Gasteiger partial charge on any atom is 0.407 e. The Hall–Kier alpha value is -3.19. The summed E-state index contributed by atoms with van der Waals surface area (Å²) in [6, 6.07) is 9.47. The summed E-state index contributed by atoms with van der Waals surface area (Å²) in [5, 5.41) is 5.90. The van der Waals surface area contributed by atoms with Crippen molar-refractivity contribution in [3.8, 4) is 0 Å². The topological polar surface area (TPSA) is 87.1 Å². The number of alkyl carbamates (subject to hydrolysis) is 1. The minimum atomic E-state index is -1.29. The Bertz CT molecular complexity index is 827. The molecule has 1 amide bonds. The molecule has 0 aliphatic heterocycles. The molecule has 0 radical (unpaired) electrons. The fourth-order valence-corrected chi connectivity index (χ4v) is 2.40. The lowest BCUT2D eigenvalue weighted by Gasteiger charge is -2.18. The fraction of sp³-hybridized carbons (Fsp3) is 0.278. The van der Waals surface area contributed by atoms with E-state index in [1.807, 2.05) is 6.07 Å². The molecule has 0 aliphatic rings. The number of carbonyl (C=O) groups is 1. The molecule has 0 saturated heterocycles. The van der Waals surface area contributed by atoms with Gasteiger partial charge < -0.3 is 10.1 Å². The van der Waals surface area contributed by atoms with Gasteiger partial charge in [-0.2, -0.15) is 0 Å². The van der Waals surface area contributed by atoms with Crippen LogP contribution in [0.15, 0.2) is 47.6 Å². The lowest BCUT2D eigenvalue weighted by Crippen LogP contribution is -2.37. The van der Waals surface area contributed by atoms with Crippen LogP contribution in [-0.4, -0.2) is 18.7 Å². The second-order valence-corrected chi connectivity index (χ2v) is 5.71. The lowest BCUT2D eigenvalue weighted by atomic mass is 10.0. The van der Waals surface area contributed by atoms with Crippen molar-refractivity contribution in [2.45, 2.75) is 25.5 Å². The monoisotopic (exact) mass is 378 g/mol. The van der Waals surface area contributed by atoms with E-state index in [0.29, 0.717) is 6.07 Å². The molecule has 0 aliphatic carbocycles. The van der Waals surface area contributed by atoms with Gasteiger partial charge in [-0.1, -0.05) is 35.4 Å². The lowest BCUT2D eigenvalue weighted by molar-refractivity contribution is 0.135. The van der Waals surface area contributed by atoms with Gasteiger partial charge in [-0.3, -0.25) is 0 Å². The van der Waals surface area contributed by atoms with E-state index in [4.69, 9.17) is 10.3 Å². The van der Waals surface area contributed by atoms with Crippen molar-refractivity contribution in [2.75, 3.05) is 6.54 Å². The van der Waals surface area contributed by atoms with E-state index in [-0.39, 0.29) is 31.6 Å². The molecule has 0 unspecified atom stereocenters. The van der Waals surface area contributed by atoms with Crippen molar-refractivity contribution in [3.63, 3.8) is 0 Å². The minimum Gasteiger partial charge on any atom is -0.445 e. The van der Waals surface area contributed by atoms with Crippen molar-refractivity contribution in [1.29, 1.82) is 0 Å². The molecular formula is C18H17F3N4O2. The van der Waals surface area contributed by atoms with Gasteiger partial charge in [-0.25, -0.2) is 18.0 Å². The molecule has 0 aromatic heterocycles. The summed E-state index contributed by atoms with van der Waals surface area (Å²) in [7, 11) is 0. The van der Waals surface area contributed by atoms with E-state index in [2.05, 4.69) is 15.3 Å². The fourth-order valence-electron chi connectivity index (χ4n) is 2.40. The van der Waals surface area contributed by atoms with Crippen LogP contribution in [-0.2, 0) is 17.8 Å². The largest absolute Gasteiger partial charge is 0.445 e. The molecule has 6 nitrogen and oxygen atoms in total. The highest BCUT2D eigenvalue weighted by Crippen LogP contribution is 2.16. The third-order valence-electron chi connectivity index (χ3n) is 3.73. The number of nitrogens with one attached hydrogen (secondary N) is 1. The van der Waals surface area contributed by atoms with E-state index in [1.54, 1.807) is 24.3 Å². The number of benzene rings is 2. The Morgan fingerprint density at radius 1 is 1.15 bits per heavy atom. The second-order valence-electron chi connectivity index (χ2n) is 5.71. The third kappa shape index (κ3) is 6.56. The van der Waals surface area contributed by atoms with Gasteiger partial charge in [0.1, 0.15) is 12.4 Å². The summed E-state index contributed by atoms with van der Waals surface area (Å²) in [4.78, 5) is 14.6. The Kier molecular flexibility index (Phi) is 7.51. The molecule has 1 N–H and O–H groups in total. The number of rotatable bonds is 8. The summed E-state index contributed by atoms with van der Waals surface area (Å²) in [5.74, 6) is -3.41. The normalized spacial score (nSPS) is 11.4. The van der Waals surface area contributed by atoms with Gasteiger partial charge in [0.25, 0.3) is 0 Å². The molecule has 2 rings (SSSR count). The van der Waals surface area contributed by atoms with Gasteiger partial charge in [0.2, 0.25) is 0 Å². The maximum absolute atomic E-state index is 13.9. The Labute approximate surface area is 153 Å². The first kappa shape index (κ1) is 20.1. The van der Waals surface area contributed by atoms with Crippen molar-refractivity contribution < 1.29 is 22.7 Å². The smallest absolute Gasteiger partial charge is 0.407 e. The molecule has 9 heteroatoms. The number of amides is 1. The van der Waals surface area contributed by atoms with Crippen LogP contribution < -0.4 is 5.32 Å². The number of hydrogen-bond acceptors (Lipinski definition) is 3. The first-order valence-corrected chi connectivity index (χ1v) is 8.11. The molecule has 0 saturated carbocycles. The zero-order valence-electron chi connectivity index (χ0n) is 14.2. The molecule has 2 aromatic carbocycles. The molecule has 27 heavy (non-hydrogen) atoms. The van der Waals surface area contributed by atoms with Crippen LogP contribution in [0.5, 0.6) is 0 Å². The number of carbonyl (C=O) groups excluding carboxylic acids is 1. The molecule has 2 aromatic rings. The molecule has 0 bridgehead atoms. The van der Waals surface area contributed by atoms with Crippen molar-refractivity contribution in [3.05, 3.63) is 81.5 Å². The highest BCUT2D eigenvalue weighted by atomic mass is 19.2. The minimum absolute atomic E-state index is 0.0332. The van der Waals surface area contributed by atoms with Crippen LogP contribution in [0.4, 0.5) is 18.0 Å². The predicted molar refractivity (Wildman–Crippen MR) is 92.2 cm³/mol. The Balaban J connectivity index is 2.01. The molecular weight excluding hydrogens is 361 g/mol. The van der Waals surface area contributed by atoms with Gasteiger partial charge in [-0.15, -0.1) is 0 Å². The van der Waals surface area contributed by atoms with Gasteiger partial charge in [-0.05, 0) is 35.6 Å². The summed E-state index contributed by atoms with van der Waals surface area (Å²) < 4.78 is 45.4. The number of nitrogens with zero attached hydrogens (tertiary/aromatic N) is 3. The van der Waals surface area contributed by atoms with Crippen LogP contribution in [0.2, 0.25) is 0 Å². The first-order chi connectivity index (χ1) is 13.0. The van der Waals surface area contributed by atoms with E-state index >= 15 is 0 Å². The average Bonchev–Trinajstić information content (AvgIpc) is 2.65. The van der Waals surface area contributed by atoms with Gasteiger partial charge in [0, 0.05) is 23.6 Å². The van der Waals surface area contributed by atoms with Crippen molar-refractivity contribution in [2.24, 2.45) is 5.11 Å². The van der Waals surface area contributed by atoms with Gasteiger partial charge >= 0.3 is 6.09 Å². The van der Waals surface area contributed by atoms with Crippen LogP contribution in [0, 0.1) is 17.5 Å². The van der Waals surface area contributed by atoms with E-state index in [1.165, 1.54) is 0 Å². The quantitative estimate of drug-likeness (QED) is 0.314. The van der Waals surface area contributed by atoms with Crippen molar-refractivity contribution in [1.82, 2.24) is 5.32 Å². The van der Waals surface area contributed by atoms with Crippen LogP contribution >= 0.6 is 0 Å². The molecule has 0 heterocycles. The van der Waals surface area contributed by atoms with E-state index in [0.717, 1.165) is 11.6 Å². The second kappa shape index (κ2) is 10.1. The predicted octanol–water partition coefficient (Wildman–Crippen LogP) is 4.64. The van der Waals surface area contributed by atoms with Crippen LogP contribution in [0.3, 0.4) is 0 Å². The van der Waals surface area contributed by atoms with Crippen molar-refractivity contribution >= 4 is 6.09 Å². The van der Waals surface area contributed by atoms with Crippen LogP contribution in [0.25, 0.3) is 10.4 Å². The molecule has 0 fully saturated rings. The SMILES string of the molecule is [N-]=[N+]=NCC[C@@H](Cc1cc(F)c(F)cc1F)NC(=O)OCc1ccccc1. The number of ether oxygens (including phenoxy) is 1. The molecule has 142 valence electrons. The standard InChI is InChI=1S/C18H17F3N4O2/c19-15-10-17(21)16(20)9-13(15)8-14(6-7-23-25-22)24-18(26)27-11-12-4-2-1-3-5-12/h1-5,9-10,14H,6-8,11H2,(H,24,26)/t14-/m0/s1. The Morgan fingerprint density at radius 3 is 2.56 bits per heavy atom. The number of halogens is 3. The van der Waals surface area contributed by atoms with Crippen LogP contribution in [0.1, 0.15) is 17.5 Å². The molecule has 1 atom stereocenters. The third-order valence-corrected chi connectivity index (χ3v) is 3.73. The first-order valence-electron chi connectivity index (χ1n) is 8.11. The maximum atomic E-state index is 13.9. The molecule has 0 spiro atoms. The summed E-state index contributed by atoms with van der Waals surface area (Å²) in [6.45, 7) is 0.0701. The Morgan fingerprint density at radius 2 is 1.85 bits per heavy atom. The number of azide groups is 1. The average molecular weight is 378 g/mol. The summed E-state index contributed by atoms with van der Waals surface area (Å²) >= 11 is 0. The summed E-state index contributed by atoms with van der Waals surface area (Å²) in [5.41, 5.74) is 9.04. The highest BCUT2D eigenvalue weighted by molar-refractivity contribution is 5.67. The summed E-state index contributed by atoms with van der Waals surface area (Å²) in [6.07, 6.45) is -0.708. The highest BCUT2D eigenvalue weighted by Gasteiger charge is 2.18. The zero-order valence-corrected chi connectivity index (χ0v) is 14.2. The zero-order chi connectivity index (χ0) is 19.6. The van der Waals surface area contributed by atoms with Gasteiger partial charge in [0.15, 0.2) is 11.6 Å².